The summed E-state index contributed by atoms with van der Waals surface area (Å²) in [6, 6.07) is 5.68. The molecule has 1 aliphatic rings. The summed E-state index contributed by atoms with van der Waals surface area (Å²) in [5, 5.41) is 8.02. The van der Waals surface area contributed by atoms with Gasteiger partial charge in [0.1, 0.15) is 6.04 Å². The van der Waals surface area contributed by atoms with Crippen molar-refractivity contribution in [1.29, 1.82) is 0 Å². The Labute approximate surface area is 148 Å². The molecule has 1 aliphatic heterocycles. The first-order valence-electron chi connectivity index (χ1n) is 8.24. The second-order valence-electron chi connectivity index (χ2n) is 5.94. The molecule has 1 heterocycles. The maximum Gasteiger partial charge on any atom is 0.319 e. The van der Waals surface area contributed by atoms with E-state index in [0.29, 0.717) is 30.9 Å². The molecule has 1 aromatic rings. The molecule has 1 saturated heterocycles. The highest BCUT2D eigenvalue weighted by molar-refractivity contribution is 7.88. The molecule has 3 N–H and O–H groups in total. The fraction of sp³-hybridized carbons (Fsp3) is 0.500. The zero-order valence-corrected chi connectivity index (χ0v) is 15.2. The molecule has 2 rings (SSSR count). The van der Waals surface area contributed by atoms with Gasteiger partial charge in [0.15, 0.2) is 0 Å². The number of carbonyl (C=O) groups excluding carboxylic acids is 2. The lowest BCUT2D eigenvalue weighted by molar-refractivity contribution is -0.120. The number of hydrogen-bond donors (Lipinski definition) is 3. The third-order valence-electron chi connectivity index (χ3n) is 3.91. The van der Waals surface area contributed by atoms with E-state index in [1.807, 2.05) is 6.92 Å². The van der Waals surface area contributed by atoms with Gasteiger partial charge in [-0.3, -0.25) is 4.79 Å². The Kier molecular flexibility index (Phi) is 6.38. The summed E-state index contributed by atoms with van der Waals surface area (Å²) in [5.74, 6) is -0.361. The van der Waals surface area contributed by atoms with Gasteiger partial charge in [0.2, 0.25) is 15.9 Å². The fourth-order valence-electron chi connectivity index (χ4n) is 2.80. The summed E-state index contributed by atoms with van der Waals surface area (Å²) >= 11 is 0. The number of sulfonamides is 1. The number of carbonyl (C=O) groups is 2. The van der Waals surface area contributed by atoms with Crippen LogP contribution in [0.4, 0.5) is 16.2 Å². The molecule has 1 aromatic carbocycles. The predicted molar refractivity (Wildman–Crippen MR) is 97.0 cm³/mol. The zero-order chi connectivity index (χ0) is 18.4. The molecule has 1 fully saturated rings. The van der Waals surface area contributed by atoms with Crippen LogP contribution in [-0.2, 0) is 14.8 Å². The molecule has 8 nitrogen and oxygen atoms in total. The molecule has 0 saturated carbocycles. The maximum atomic E-state index is 12.5. The van der Waals surface area contributed by atoms with E-state index in [9.17, 15) is 18.0 Å². The number of rotatable bonds is 5. The number of urea groups is 1. The van der Waals surface area contributed by atoms with Crippen LogP contribution >= 0.6 is 0 Å². The SMILES string of the molecule is CCNC(=O)Nc1cccc(NC(=O)C2CCCCN2S(C)(=O)=O)c1. The molecule has 25 heavy (non-hydrogen) atoms. The lowest BCUT2D eigenvalue weighted by Gasteiger charge is -2.32. The lowest BCUT2D eigenvalue weighted by Crippen LogP contribution is -2.49. The Hall–Kier alpha value is -2.13. The number of amides is 3. The molecule has 0 aliphatic carbocycles. The average molecular weight is 368 g/mol. The molecular formula is C16H24N4O4S. The highest BCUT2D eigenvalue weighted by Gasteiger charge is 2.34. The normalized spacial score (nSPS) is 18.4. The highest BCUT2D eigenvalue weighted by atomic mass is 32.2. The minimum atomic E-state index is -3.44. The van der Waals surface area contributed by atoms with Crippen LogP contribution in [-0.4, -0.2) is 50.0 Å². The number of nitrogens with one attached hydrogen (secondary N) is 3. The summed E-state index contributed by atoms with van der Waals surface area (Å²) in [6.45, 7) is 2.68. The Morgan fingerprint density at radius 1 is 1.20 bits per heavy atom. The summed E-state index contributed by atoms with van der Waals surface area (Å²) in [4.78, 5) is 24.1. The largest absolute Gasteiger partial charge is 0.338 e. The van der Waals surface area contributed by atoms with Gasteiger partial charge in [-0.25, -0.2) is 13.2 Å². The van der Waals surface area contributed by atoms with Gasteiger partial charge in [0.25, 0.3) is 0 Å². The fourth-order valence-corrected chi connectivity index (χ4v) is 3.92. The summed E-state index contributed by atoms with van der Waals surface area (Å²) < 4.78 is 25.0. The molecule has 0 aromatic heterocycles. The van der Waals surface area contributed by atoms with Crippen LogP contribution in [0.2, 0.25) is 0 Å². The van der Waals surface area contributed by atoms with E-state index in [4.69, 9.17) is 0 Å². The van der Waals surface area contributed by atoms with Crippen LogP contribution in [0, 0.1) is 0 Å². The van der Waals surface area contributed by atoms with E-state index >= 15 is 0 Å². The highest BCUT2D eigenvalue weighted by Crippen LogP contribution is 2.22. The van der Waals surface area contributed by atoms with Gasteiger partial charge in [-0.15, -0.1) is 0 Å². The van der Waals surface area contributed by atoms with Crippen molar-refractivity contribution in [3.63, 3.8) is 0 Å². The molecule has 9 heteroatoms. The molecule has 0 spiro atoms. The van der Waals surface area contributed by atoms with Crippen LogP contribution < -0.4 is 16.0 Å². The van der Waals surface area contributed by atoms with Gasteiger partial charge >= 0.3 is 6.03 Å². The van der Waals surface area contributed by atoms with Gasteiger partial charge in [-0.1, -0.05) is 12.5 Å². The number of benzene rings is 1. The van der Waals surface area contributed by atoms with Gasteiger partial charge in [-0.2, -0.15) is 4.31 Å². The van der Waals surface area contributed by atoms with Crippen LogP contribution in [0.5, 0.6) is 0 Å². The minimum Gasteiger partial charge on any atom is -0.338 e. The molecule has 3 amide bonds. The van der Waals surface area contributed by atoms with Crippen molar-refractivity contribution in [2.24, 2.45) is 0 Å². The van der Waals surface area contributed by atoms with Crippen molar-refractivity contribution in [1.82, 2.24) is 9.62 Å². The van der Waals surface area contributed by atoms with Gasteiger partial charge in [0, 0.05) is 24.5 Å². The van der Waals surface area contributed by atoms with Crippen molar-refractivity contribution >= 4 is 33.3 Å². The monoisotopic (exact) mass is 368 g/mol. The lowest BCUT2D eigenvalue weighted by atomic mass is 10.0. The van der Waals surface area contributed by atoms with Crippen LogP contribution in [0.3, 0.4) is 0 Å². The van der Waals surface area contributed by atoms with Crippen molar-refractivity contribution in [2.45, 2.75) is 32.2 Å². The first-order valence-corrected chi connectivity index (χ1v) is 10.1. The van der Waals surface area contributed by atoms with Gasteiger partial charge < -0.3 is 16.0 Å². The topological polar surface area (TPSA) is 108 Å². The Morgan fingerprint density at radius 2 is 1.88 bits per heavy atom. The first-order chi connectivity index (χ1) is 11.8. The number of nitrogens with zero attached hydrogens (tertiary/aromatic N) is 1. The van der Waals surface area contributed by atoms with Crippen molar-refractivity contribution in [3.05, 3.63) is 24.3 Å². The van der Waals surface area contributed by atoms with E-state index in [-0.39, 0.29) is 11.9 Å². The molecular weight excluding hydrogens is 344 g/mol. The molecule has 1 atom stereocenters. The number of piperidine rings is 1. The molecule has 1 unspecified atom stereocenters. The van der Waals surface area contributed by atoms with E-state index in [1.165, 1.54) is 4.31 Å². The third-order valence-corrected chi connectivity index (χ3v) is 5.20. The molecule has 0 radical (unpaired) electrons. The number of anilines is 2. The smallest absolute Gasteiger partial charge is 0.319 e. The van der Waals surface area contributed by atoms with Crippen LogP contribution in [0.15, 0.2) is 24.3 Å². The summed E-state index contributed by atoms with van der Waals surface area (Å²) in [7, 11) is -3.44. The van der Waals surface area contributed by atoms with E-state index in [2.05, 4.69) is 16.0 Å². The molecule has 0 bridgehead atoms. The van der Waals surface area contributed by atoms with E-state index in [0.717, 1.165) is 19.1 Å². The Morgan fingerprint density at radius 3 is 2.52 bits per heavy atom. The standard InChI is InChI=1S/C16H24N4O4S/c1-3-17-16(22)19-13-8-6-7-12(11-13)18-15(21)14-9-4-5-10-20(14)25(2,23)24/h6-8,11,14H,3-5,9-10H2,1-2H3,(H,18,21)(H2,17,19,22). The van der Waals surface area contributed by atoms with Gasteiger partial charge in [0.05, 0.1) is 6.26 Å². The summed E-state index contributed by atoms with van der Waals surface area (Å²) in [6.07, 6.45) is 3.18. The quantitative estimate of drug-likeness (QED) is 0.733. The predicted octanol–water partition coefficient (Wildman–Crippen LogP) is 1.58. The minimum absolute atomic E-state index is 0.332. The first kappa shape index (κ1) is 19.2. The Balaban J connectivity index is 2.08. The zero-order valence-electron chi connectivity index (χ0n) is 14.4. The second-order valence-corrected chi connectivity index (χ2v) is 7.87. The van der Waals surface area contributed by atoms with E-state index < -0.39 is 16.1 Å². The van der Waals surface area contributed by atoms with Crippen LogP contribution in [0.1, 0.15) is 26.2 Å². The Bertz CT molecular complexity index is 735. The van der Waals surface area contributed by atoms with Crippen molar-refractivity contribution in [3.8, 4) is 0 Å². The second kappa shape index (κ2) is 8.30. The molecule has 138 valence electrons. The van der Waals surface area contributed by atoms with E-state index in [1.54, 1.807) is 24.3 Å². The summed E-state index contributed by atoms with van der Waals surface area (Å²) in [5.41, 5.74) is 1.03. The number of hydrogen-bond acceptors (Lipinski definition) is 4. The van der Waals surface area contributed by atoms with Crippen LogP contribution in [0.25, 0.3) is 0 Å². The van der Waals surface area contributed by atoms with Crippen molar-refractivity contribution < 1.29 is 18.0 Å². The van der Waals surface area contributed by atoms with Gasteiger partial charge in [-0.05, 0) is 38.0 Å². The third kappa shape index (κ3) is 5.43. The average Bonchev–Trinajstić information content (AvgIpc) is 2.54. The van der Waals surface area contributed by atoms with Crippen molar-refractivity contribution in [2.75, 3.05) is 30.0 Å². The maximum absolute atomic E-state index is 12.5.